The molecular formula is C18H19N3O3. The van der Waals surface area contributed by atoms with Gasteiger partial charge < -0.3 is 15.2 Å². The van der Waals surface area contributed by atoms with E-state index in [1.807, 2.05) is 42.5 Å². The van der Waals surface area contributed by atoms with Crippen LogP contribution in [-0.2, 0) is 9.53 Å². The molecule has 0 fully saturated rings. The first-order chi connectivity index (χ1) is 11.5. The lowest BCUT2D eigenvalue weighted by atomic mass is 10.0. The number of esters is 1. The summed E-state index contributed by atoms with van der Waals surface area (Å²) in [7, 11) is 0. The second-order valence-corrected chi connectivity index (χ2v) is 5.72. The standard InChI is InChI=1S/C18H19N3O3/c1-11(2)24-17(22)10-23-14-6-3-12(4-7-14)13-5-8-16-15(9-13)18(19)21-20-16/h3-9,11H,10H2,1-2H3,(H3,19,20,21). The van der Waals surface area contributed by atoms with Crippen LogP contribution < -0.4 is 10.5 Å². The summed E-state index contributed by atoms with van der Waals surface area (Å²) >= 11 is 0. The minimum Gasteiger partial charge on any atom is -0.482 e. The summed E-state index contributed by atoms with van der Waals surface area (Å²) in [6.45, 7) is 3.50. The number of nitrogen functional groups attached to an aromatic ring is 1. The fourth-order valence-electron chi connectivity index (χ4n) is 2.40. The van der Waals surface area contributed by atoms with Crippen LogP contribution in [0.2, 0.25) is 0 Å². The topological polar surface area (TPSA) is 90.2 Å². The third kappa shape index (κ3) is 3.48. The van der Waals surface area contributed by atoms with E-state index in [0.29, 0.717) is 11.6 Å². The normalized spacial score (nSPS) is 11.0. The molecule has 0 saturated heterocycles. The maximum Gasteiger partial charge on any atom is 0.344 e. The van der Waals surface area contributed by atoms with Crippen LogP contribution in [-0.4, -0.2) is 28.9 Å². The van der Waals surface area contributed by atoms with Crippen LogP contribution in [0.25, 0.3) is 22.0 Å². The van der Waals surface area contributed by atoms with Gasteiger partial charge in [0.1, 0.15) is 5.75 Å². The number of rotatable bonds is 5. The number of hydrogen-bond acceptors (Lipinski definition) is 5. The van der Waals surface area contributed by atoms with Crippen molar-refractivity contribution in [3.05, 3.63) is 42.5 Å². The van der Waals surface area contributed by atoms with Crippen molar-refractivity contribution in [3.8, 4) is 16.9 Å². The summed E-state index contributed by atoms with van der Waals surface area (Å²) < 4.78 is 10.5. The zero-order valence-electron chi connectivity index (χ0n) is 13.6. The number of nitrogens with one attached hydrogen (secondary N) is 1. The minimum atomic E-state index is -0.380. The van der Waals surface area contributed by atoms with E-state index in [0.717, 1.165) is 22.0 Å². The zero-order valence-corrected chi connectivity index (χ0v) is 13.6. The van der Waals surface area contributed by atoms with E-state index >= 15 is 0 Å². The van der Waals surface area contributed by atoms with Gasteiger partial charge in [0.05, 0.1) is 11.6 Å². The first-order valence-electron chi connectivity index (χ1n) is 7.69. The molecular weight excluding hydrogens is 306 g/mol. The van der Waals surface area contributed by atoms with Crippen molar-refractivity contribution in [1.29, 1.82) is 0 Å². The number of hydrogen-bond donors (Lipinski definition) is 2. The van der Waals surface area contributed by atoms with Crippen LogP contribution in [0.1, 0.15) is 13.8 Å². The molecule has 0 bridgehead atoms. The summed E-state index contributed by atoms with van der Waals surface area (Å²) in [6, 6.07) is 13.4. The van der Waals surface area contributed by atoms with Crippen molar-refractivity contribution >= 4 is 22.7 Å². The summed E-state index contributed by atoms with van der Waals surface area (Å²) in [4.78, 5) is 11.5. The monoisotopic (exact) mass is 325 g/mol. The molecule has 0 aliphatic rings. The van der Waals surface area contributed by atoms with Gasteiger partial charge in [-0.2, -0.15) is 5.10 Å². The molecule has 3 rings (SSSR count). The summed E-state index contributed by atoms with van der Waals surface area (Å²) in [5.74, 6) is 0.716. The highest BCUT2D eigenvalue weighted by atomic mass is 16.6. The molecule has 124 valence electrons. The van der Waals surface area contributed by atoms with Crippen molar-refractivity contribution in [2.24, 2.45) is 0 Å². The predicted octanol–water partition coefficient (Wildman–Crippen LogP) is 3.14. The summed E-state index contributed by atoms with van der Waals surface area (Å²) in [6.07, 6.45) is -0.145. The SMILES string of the molecule is CC(C)OC(=O)COc1ccc(-c2ccc3[nH]nc(N)c3c2)cc1. The highest BCUT2D eigenvalue weighted by molar-refractivity contribution is 5.92. The number of fused-ring (bicyclic) bond motifs is 1. The van der Waals surface area contributed by atoms with Gasteiger partial charge in [0.2, 0.25) is 0 Å². The van der Waals surface area contributed by atoms with E-state index in [2.05, 4.69) is 10.2 Å². The summed E-state index contributed by atoms with van der Waals surface area (Å²) in [5.41, 5.74) is 8.80. The van der Waals surface area contributed by atoms with Gasteiger partial charge >= 0.3 is 5.97 Å². The Labute approximate surface area is 139 Å². The van der Waals surface area contributed by atoms with Gasteiger partial charge in [0, 0.05) is 5.39 Å². The maximum atomic E-state index is 11.5. The number of benzene rings is 2. The average Bonchev–Trinajstić information content (AvgIpc) is 2.93. The largest absolute Gasteiger partial charge is 0.482 e. The van der Waals surface area contributed by atoms with Crippen molar-refractivity contribution in [2.45, 2.75) is 20.0 Å². The Morgan fingerprint density at radius 3 is 2.58 bits per heavy atom. The van der Waals surface area contributed by atoms with Gasteiger partial charge in [0.25, 0.3) is 0 Å². The lowest BCUT2D eigenvalue weighted by molar-refractivity contribution is -0.149. The Hall–Kier alpha value is -3.02. The molecule has 0 spiro atoms. The first-order valence-corrected chi connectivity index (χ1v) is 7.69. The third-order valence-electron chi connectivity index (χ3n) is 3.50. The molecule has 3 aromatic rings. The van der Waals surface area contributed by atoms with Crippen LogP contribution in [0.3, 0.4) is 0 Å². The van der Waals surface area contributed by atoms with E-state index in [4.69, 9.17) is 15.2 Å². The van der Waals surface area contributed by atoms with Crippen molar-refractivity contribution in [1.82, 2.24) is 10.2 Å². The van der Waals surface area contributed by atoms with Crippen LogP contribution in [0, 0.1) is 0 Å². The van der Waals surface area contributed by atoms with E-state index in [1.165, 1.54) is 0 Å². The van der Waals surface area contributed by atoms with E-state index in [1.54, 1.807) is 13.8 Å². The number of aromatic amines is 1. The highest BCUT2D eigenvalue weighted by Crippen LogP contribution is 2.27. The predicted molar refractivity (Wildman–Crippen MR) is 92.7 cm³/mol. The molecule has 0 saturated carbocycles. The number of aromatic nitrogens is 2. The molecule has 0 unspecified atom stereocenters. The van der Waals surface area contributed by atoms with E-state index in [9.17, 15) is 4.79 Å². The van der Waals surface area contributed by atoms with Crippen LogP contribution in [0.15, 0.2) is 42.5 Å². The molecule has 6 nitrogen and oxygen atoms in total. The maximum absolute atomic E-state index is 11.5. The van der Waals surface area contributed by atoms with Gasteiger partial charge in [-0.25, -0.2) is 4.79 Å². The Bertz CT molecular complexity index is 854. The average molecular weight is 325 g/mol. The lowest BCUT2D eigenvalue weighted by Crippen LogP contribution is -2.18. The summed E-state index contributed by atoms with van der Waals surface area (Å²) in [5, 5.41) is 7.77. The molecule has 1 heterocycles. The van der Waals surface area contributed by atoms with Gasteiger partial charge in [0.15, 0.2) is 12.4 Å². The minimum absolute atomic E-state index is 0.102. The van der Waals surface area contributed by atoms with Gasteiger partial charge in [-0.1, -0.05) is 18.2 Å². The van der Waals surface area contributed by atoms with E-state index in [-0.39, 0.29) is 18.7 Å². The third-order valence-corrected chi connectivity index (χ3v) is 3.50. The molecule has 1 aromatic heterocycles. The molecule has 0 aliphatic heterocycles. The zero-order chi connectivity index (χ0) is 17.1. The van der Waals surface area contributed by atoms with Crippen molar-refractivity contribution in [2.75, 3.05) is 12.3 Å². The van der Waals surface area contributed by atoms with Gasteiger partial charge in [-0.05, 0) is 49.2 Å². The second-order valence-electron chi connectivity index (χ2n) is 5.72. The smallest absolute Gasteiger partial charge is 0.344 e. The molecule has 0 aliphatic carbocycles. The fourth-order valence-corrected chi connectivity index (χ4v) is 2.40. The van der Waals surface area contributed by atoms with Gasteiger partial charge in [-0.3, -0.25) is 5.10 Å². The second kappa shape index (κ2) is 6.62. The highest BCUT2D eigenvalue weighted by Gasteiger charge is 2.08. The molecule has 6 heteroatoms. The number of ether oxygens (including phenoxy) is 2. The van der Waals surface area contributed by atoms with Crippen molar-refractivity contribution in [3.63, 3.8) is 0 Å². The first kappa shape index (κ1) is 15.9. The van der Waals surface area contributed by atoms with Crippen LogP contribution in [0.4, 0.5) is 5.82 Å². The number of anilines is 1. The Kier molecular flexibility index (Phi) is 4.37. The number of carbonyl (C=O) groups is 1. The van der Waals surface area contributed by atoms with E-state index < -0.39 is 0 Å². The molecule has 24 heavy (non-hydrogen) atoms. The molecule has 3 N–H and O–H groups in total. The number of H-pyrrole nitrogens is 1. The van der Waals surface area contributed by atoms with Crippen LogP contribution in [0.5, 0.6) is 5.75 Å². The number of nitrogens with zero attached hydrogens (tertiary/aromatic N) is 1. The Morgan fingerprint density at radius 1 is 1.17 bits per heavy atom. The number of nitrogens with two attached hydrogens (primary N) is 1. The molecule has 0 amide bonds. The van der Waals surface area contributed by atoms with Crippen molar-refractivity contribution < 1.29 is 14.3 Å². The Morgan fingerprint density at radius 2 is 1.88 bits per heavy atom. The quantitative estimate of drug-likeness (QED) is 0.703. The molecule has 0 atom stereocenters. The molecule has 2 aromatic carbocycles. The van der Waals surface area contributed by atoms with Gasteiger partial charge in [-0.15, -0.1) is 0 Å². The van der Waals surface area contributed by atoms with Crippen LogP contribution >= 0.6 is 0 Å². The lowest BCUT2D eigenvalue weighted by Gasteiger charge is -2.10. The number of carbonyl (C=O) groups excluding carboxylic acids is 1. The molecule has 0 radical (unpaired) electrons. The Balaban J connectivity index is 1.71. The fraction of sp³-hybridized carbons (Fsp3) is 0.222.